The fraction of sp³-hybridized carbons (Fsp3) is 0.333. The van der Waals surface area contributed by atoms with Gasteiger partial charge in [0.05, 0.1) is 7.11 Å². The van der Waals surface area contributed by atoms with Gasteiger partial charge < -0.3 is 4.74 Å². The Labute approximate surface area is 116 Å². The molecule has 0 amide bonds. The minimum Gasteiger partial charge on any atom is -0.497 e. The molecule has 0 saturated heterocycles. The molecule has 2 rings (SSSR count). The summed E-state index contributed by atoms with van der Waals surface area (Å²) in [6.07, 6.45) is 3.53. The van der Waals surface area contributed by atoms with Gasteiger partial charge in [0.1, 0.15) is 5.75 Å². The quantitative estimate of drug-likeness (QED) is 0.718. The minimum atomic E-state index is 0.631. The van der Waals surface area contributed by atoms with Gasteiger partial charge >= 0.3 is 0 Å². The van der Waals surface area contributed by atoms with Gasteiger partial charge in [-0.1, -0.05) is 49.4 Å². The predicted molar refractivity (Wildman–Crippen MR) is 80.8 cm³/mol. The molecule has 0 aliphatic heterocycles. The van der Waals surface area contributed by atoms with Crippen LogP contribution in [0.25, 0.3) is 0 Å². The Hall–Kier alpha value is -1.76. The van der Waals surface area contributed by atoms with E-state index in [4.69, 9.17) is 4.74 Å². The molecule has 0 aliphatic rings. The average Bonchev–Trinajstić information content (AvgIpc) is 2.49. The number of hydrogen-bond donors (Lipinski definition) is 0. The third-order valence-electron chi connectivity index (χ3n) is 3.70. The molecule has 0 radical (unpaired) electrons. The number of rotatable bonds is 6. The van der Waals surface area contributed by atoms with E-state index in [9.17, 15) is 0 Å². The maximum Gasteiger partial charge on any atom is 0.118 e. The molecule has 1 atom stereocenters. The van der Waals surface area contributed by atoms with Crippen molar-refractivity contribution in [3.05, 3.63) is 65.7 Å². The van der Waals surface area contributed by atoms with Gasteiger partial charge in [-0.25, -0.2) is 0 Å². The van der Waals surface area contributed by atoms with Crippen LogP contribution in [0.1, 0.15) is 36.8 Å². The molecule has 0 saturated carbocycles. The molecule has 19 heavy (non-hydrogen) atoms. The molecule has 0 aliphatic carbocycles. The second-order valence-corrected chi connectivity index (χ2v) is 4.90. The number of benzene rings is 2. The molecule has 0 bridgehead atoms. The Morgan fingerprint density at radius 2 is 1.63 bits per heavy atom. The summed E-state index contributed by atoms with van der Waals surface area (Å²) in [5, 5.41) is 0. The lowest BCUT2D eigenvalue weighted by Crippen LogP contribution is -2.00. The largest absolute Gasteiger partial charge is 0.497 e. The van der Waals surface area contributed by atoms with Crippen LogP contribution in [0.2, 0.25) is 0 Å². The summed E-state index contributed by atoms with van der Waals surface area (Å²) in [6.45, 7) is 2.26. The first kappa shape index (κ1) is 13.7. The SMILES string of the molecule is CCC(CCc1ccccc1)c1ccc(OC)cc1. The maximum atomic E-state index is 5.21. The highest BCUT2D eigenvalue weighted by Crippen LogP contribution is 2.26. The fourth-order valence-electron chi connectivity index (χ4n) is 2.47. The molecular formula is C18H22O. The van der Waals surface area contributed by atoms with E-state index in [0.29, 0.717) is 5.92 Å². The smallest absolute Gasteiger partial charge is 0.118 e. The first-order chi connectivity index (χ1) is 9.33. The number of aryl methyl sites for hydroxylation is 1. The summed E-state index contributed by atoms with van der Waals surface area (Å²) in [5.74, 6) is 1.56. The maximum absolute atomic E-state index is 5.21. The molecule has 1 heteroatoms. The van der Waals surface area contributed by atoms with Crippen LogP contribution in [0.3, 0.4) is 0 Å². The highest BCUT2D eigenvalue weighted by atomic mass is 16.5. The first-order valence-corrected chi connectivity index (χ1v) is 7.01. The summed E-state index contributed by atoms with van der Waals surface area (Å²) >= 11 is 0. The lowest BCUT2D eigenvalue weighted by Gasteiger charge is -2.15. The van der Waals surface area contributed by atoms with Gasteiger partial charge in [0, 0.05) is 0 Å². The van der Waals surface area contributed by atoms with Crippen molar-refractivity contribution >= 4 is 0 Å². The van der Waals surface area contributed by atoms with Crippen molar-refractivity contribution in [1.82, 2.24) is 0 Å². The Kier molecular flexibility index (Phi) is 5.02. The molecule has 100 valence electrons. The van der Waals surface area contributed by atoms with Crippen LogP contribution in [0.4, 0.5) is 0 Å². The van der Waals surface area contributed by atoms with Gasteiger partial charge in [0.2, 0.25) is 0 Å². The zero-order valence-electron chi connectivity index (χ0n) is 11.8. The fourth-order valence-corrected chi connectivity index (χ4v) is 2.47. The monoisotopic (exact) mass is 254 g/mol. The predicted octanol–water partition coefficient (Wildman–Crippen LogP) is 4.82. The second-order valence-electron chi connectivity index (χ2n) is 4.90. The van der Waals surface area contributed by atoms with Gasteiger partial charge in [0.15, 0.2) is 0 Å². The zero-order valence-corrected chi connectivity index (χ0v) is 11.8. The van der Waals surface area contributed by atoms with E-state index in [1.165, 1.54) is 24.0 Å². The van der Waals surface area contributed by atoms with E-state index in [1.54, 1.807) is 7.11 Å². The van der Waals surface area contributed by atoms with Gasteiger partial charge in [-0.2, -0.15) is 0 Å². The summed E-state index contributed by atoms with van der Waals surface area (Å²) in [6, 6.07) is 19.2. The van der Waals surface area contributed by atoms with Crippen LogP contribution in [0.5, 0.6) is 5.75 Å². The number of ether oxygens (including phenoxy) is 1. The molecule has 1 nitrogen and oxygen atoms in total. The van der Waals surface area contributed by atoms with Crippen molar-refractivity contribution in [3.8, 4) is 5.75 Å². The van der Waals surface area contributed by atoms with Gasteiger partial charge in [0.25, 0.3) is 0 Å². The molecule has 0 aromatic heterocycles. The Morgan fingerprint density at radius 1 is 0.947 bits per heavy atom. The molecule has 0 fully saturated rings. The van der Waals surface area contributed by atoms with Crippen LogP contribution in [0, 0.1) is 0 Å². The minimum absolute atomic E-state index is 0.631. The van der Waals surface area contributed by atoms with Crippen molar-refractivity contribution in [2.45, 2.75) is 32.1 Å². The number of hydrogen-bond acceptors (Lipinski definition) is 1. The molecule has 2 aromatic rings. The Balaban J connectivity index is 1.99. The van der Waals surface area contributed by atoms with Crippen molar-refractivity contribution in [2.24, 2.45) is 0 Å². The summed E-state index contributed by atoms with van der Waals surface area (Å²) < 4.78 is 5.21. The van der Waals surface area contributed by atoms with Crippen molar-refractivity contribution in [2.75, 3.05) is 7.11 Å². The molecule has 0 N–H and O–H groups in total. The van der Waals surface area contributed by atoms with Crippen molar-refractivity contribution in [1.29, 1.82) is 0 Å². The van der Waals surface area contributed by atoms with Crippen LogP contribution in [0.15, 0.2) is 54.6 Å². The standard InChI is InChI=1S/C18H22O/c1-3-16(10-9-15-7-5-4-6-8-15)17-11-13-18(19-2)14-12-17/h4-8,11-14,16H,3,9-10H2,1-2H3. The Morgan fingerprint density at radius 3 is 2.21 bits per heavy atom. The molecular weight excluding hydrogens is 232 g/mol. The summed E-state index contributed by atoms with van der Waals surface area (Å²) in [5.41, 5.74) is 2.84. The van der Waals surface area contributed by atoms with E-state index in [-0.39, 0.29) is 0 Å². The van der Waals surface area contributed by atoms with Crippen LogP contribution in [-0.4, -0.2) is 7.11 Å². The normalized spacial score (nSPS) is 12.1. The van der Waals surface area contributed by atoms with E-state index in [1.807, 2.05) is 0 Å². The van der Waals surface area contributed by atoms with E-state index in [0.717, 1.165) is 12.2 Å². The molecule has 2 aromatic carbocycles. The second kappa shape index (κ2) is 6.98. The topological polar surface area (TPSA) is 9.23 Å². The average molecular weight is 254 g/mol. The van der Waals surface area contributed by atoms with Crippen LogP contribution >= 0.6 is 0 Å². The Bertz CT molecular complexity index is 473. The third kappa shape index (κ3) is 3.85. The van der Waals surface area contributed by atoms with E-state index < -0.39 is 0 Å². The van der Waals surface area contributed by atoms with Crippen molar-refractivity contribution in [3.63, 3.8) is 0 Å². The lowest BCUT2D eigenvalue weighted by atomic mass is 9.90. The van der Waals surface area contributed by atoms with Crippen LogP contribution in [-0.2, 0) is 6.42 Å². The van der Waals surface area contributed by atoms with Gasteiger partial charge in [-0.05, 0) is 48.4 Å². The highest BCUT2D eigenvalue weighted by molar-refractivity contribution is 5.29. The lowest BCUT2D eigenvalue weighted by molar-refractivity contribution is 0.414. The highest BCUT2D eigenvalue weighted by Gasteiger charge is 2.09. The molecule has 0 spiro atoms. The number of methoxy groups -OCH3 is 1. The zero-order chi connectivity index (χ0) is 13.5. The van der Waals surface area contributed by atoms with Gasteiger partial charge in [-0.15, -0.1) is 0 Å². The van der Waals surface area contributed by atoms with E-state index >= 15 is 0 Å². The third-order valence-corrected chi connectivity index (χ3v) is 3.70. The summed E-state index contributed by atoms with van der Waals surface area (Å²) in [4.78, 5) is 0. The van der Waals surface area contributed by atoms with Crippen molar-refractivity contribution < 1.29 is 4.74 Å². The first-order valence-electron chi connectivity index (χ1n) is 7.01. The van der Waals surface area contributed by atoms with E-state index in [2.05, 4.69) is 61.5 Å². The van der Waals surface area contributed by atoms with Gasteiger partial charge in [-0.3, -0.25) is 0 Å². The van der Waals surface area contributed by atoms with Crippen LogP contribution < -0.4 is 4.74 Å². The summed E-state index contributed by atoms with van der Waals surface area (Å²) in [7, 11) is 1.71. The molecule has 1 unspecified atom stereocenters. The molecule has 0 heterocycles.